The fourth-order valence-corrected chi connectivity index (χ4v) is 2.44. The summed E-state index contributed by atoms with van der Waals surface area (Å²) in [6.07, 6.45) is 4.44. The number of aromatic nitrogens is 3. The number of fused-ring (bicyclic) bond motifs is 1. The summed E-state index contributed by atoms with van der Waals surface area (Å²) in [5, 5.41) is 5.34. The molecule has 0 amide bonds. The van der Waals surface area contributed by atoms with Crippen molar-refractivity contribution in [1.82, 2.24) is 14.8 Å². The van der Waals surface area contributed by atoms with Crippen LogP contribution in [0.1, 0.15) is 0 Å². The number of nitrogens with one attached hydrogen (secondary N) is 1. The van der Waals surface area contributed by atoms with Crippen LogP contribution in [0.25, 0.3) is 16.6 Å². The molecule has 0 aliphatic rings. The van der Waals surface area contributed by atoms with Gasteiger partial charge in [-0.3, -0.25) is 4.72 Å². The van der Waals surface area contributed by atoms with Crippen LogP contribution < -0.4 is 4.72 Å². The molecule has 0 aliphatic heterocycles. The minimum absolute atomic E-state index is 0.285. The first-order valence-electron chi connectivity index (χ1n) is 5.90. The molecule has 20 heavy (non-hydrogen) atoms. The van der Waals surface area contributed by atoms with Crippen molar-refractivity contribution in [2.75, 3.05) is 11.0 Å². The summed E-state index contributed by atoms with van der Waals surface area (Å²) in [7, 11) is -3.31. The number of sulfonamides is 1. The Bertz CT molecular complexity index is 853. The van der Waals surface area contributed by atoms with E-state index in [1.165, 1.54) is 0 Å². The standard InChI is InChI=1S/C13H12N4O2S/c1-20(18,19)16-13-7-6-11(9-14-13)17-12-5-3-2-4-10(12)8-15-17/h2-9H,1H3,(H,14,16). The SMILES string of the molecule is CS(=O)(=O)Nc1ccc(-n2ncc3ccccc32)cn1. The molecule has 102 valence electrons. The van der Waals surface area contributed by atoms with Crippen LogP contribution in [0.3, 0.4) is 0 Å². The Morgan fingerprint density at radius 3 is 2.60 bits per heavy atom. The van der Waals surface area contributed by atoms with Gasteiger partial charge in [0.15, 0.2) is 0 Å². The van der Waals surface area contributed by atoms with Crippen LogP contribution in [0.15, 0.2) is 48.8 Å². The van der Waals surface area contributed by atoms with Crippen LogP contribution in [-0.2, 0) is 10.0 Å². The lowest BCUT2D eigenvalue weighted by Gasteiger charge is -2.05. The maximum absolute atomic E-state index is 11.1. The van der Waals surface area contributed by atoms with Crippen molar-refractivity contribution in [2.24, 2.45) is 0 Å². The number of nitrogens with zero attached hydrogens (tertiary/aromatic N) is 3. The Hall–Kier alpha value is -2.41. The highest BCUT2D eigenvalue weighted by atomic mass is 32.2. The highest BCUT2D eigenvalue weighted by molar-refractivity contribution is 7.92. The molecule has 7 heteroatoms. The van der Waals surface area contributed by atoms with Gasteiger partial charge in [0.05, 0.1) is 29.9 Å². The van der Waals surface area contributed by atoms with Gasteiger partial charge < -0.3 is 0 Å². The van der Waals surface area contributed by atoms with Gasteiger partial charge in [0.1, 0.15) is 5.82 Å². The number of pyridine rings is 1. The minimum Gasteiger partial charge on any atom is -0.268 e. The van der Waals surface area contributed by atoms with E-state index in [9.17, 15) is 8.42 Å². The zero-order valence-corrected chi connectivity index (χ0v) is 11.5. The third kappa shape index (κ3) is 2.48. The van der Waals surface area contributed by atoms with E-state index in [-0.39, 0.29) is 5.82 Å². The fraction of sp³-hybridized carbons (Fsp3) is 0.0769. The summed E-state index contributed by atoms with van der Waals surface area (Å²) in [6, 6.07) is 11.2. The van der Waals surface area contributed by atoms with Crippen LogP contribution in [0, 0.1) is 0 Å². The second-order valence-electron chi connectivity index (χ2n) is 4.39. The van der Waals surface area contributed by atoms with Gasteiger partial charge in [-0.1, -0.05) is 18.2 Å². The predicted molar refractivity (Wildman–Crippen MR) is 77.3 cm³/mol. The van der Waals surface area contributed by atoms with Crippen LogP contribution in [0.4, 0.5) is 5.82 Å². The number of benzene rings is 1. The van der Waals surface area contributed by atoms with Crippen molar-refractivity contribution in [3.8, 4) is 5.69 Å². The molecule has 2 aromatic heterocycles. The maximum Gasteiger partial charge on any atom is 0.230 e. The fourth-order valence-electron chi connectivity index (χ4n) is 1.94. The van der Waals surface area contributed by atoms with E-state index in [4.69, 9.17) is 0 Å². The van der Waals surface area contributed by atoms with E-state index in [0.717, 1.165) is 22.8 Å². The lowest BCUT2D eigenvalue weighted by atomic mass is 10.2. The largest absolute Gasteiger partial charge is 0.268 e. The smallest absolute Gasteiger partial charge is 0.230 e. The maximum atomic E-state index is 11.1. The number of para-hydroxylation sites is 1. The summed E-state index contributed by atoms with van der Waals surface area (Å²) >= 11 is 0. The number of hydrogen-bond donors (Lipinski definition) is 1. The van der Waals surface area contributed by atoms with Crippen LogP contribution in [0.5, 0.6) is 0 Å². The Morgan fingerprint density at radius 2 is 1.90 bits per heavy atom. The quantitative estimate of drug-likeness (QED) is 0.797. The van der Waals surface area contributed by atoms with Gasteiger partial charge >= 0.3 is 0 Å². The average Bonchev–Trinajstić information content (AvgIpc) is 2.82. The molecular weight excluding hydrogens is 276 g/mol. The molecule has 2 heterocycles. The van der Waals surface area contributed by atoms with Crippen LogP contribution >= 0.6 is 0 Å². The molecule has 0 bridgehead atoms. The lowest BCUT2D eigenvalue weighted by Crippen LogP contribution is -2.10. The monoisotopic (exact) mass is 288 g/mol. The van der Waals surface area contributed by atoms with Gasteiger partial charge in [0.2, 0.25) is 10.0 Å². The first kappa shape index (κ1) is 12.6. The van der Waals surface area contributed by atoms with Crippen LogP contribution in [0.2, 0.25) is 0 Å². The van der Waals surface area contributed by atoms with Crippen molar-refractivity contribution in [1.29, 1.82) is 0 Å². The van der Waals surface area contributed by atoms with E-state index in [1.54, 1.807) is 29.2 Å². The van der Waals surface area contributed by atoms with Crippen molar-refractivity contribution in [3.63, 3.8) is 0 Å². The minimum atomic E-state index is -3.31. The molecule has 0 atom stereocenters. The topological polar surface area (TPSA) is 76.9 Å². The number of hydrogen-bond acceptors (Lipinski definition) is 4. The first-order chi connectivity index (χ1) is 9.53. The average molecular weight is 288 g/mol. The molecule has 0 radical (unpaired) electrons. The Balaban J connectivity index is 1.99. The van der Waals surface area contributed by atoms with E-state index >= 15 is 0 Å². The van der Waals surface area contributed by atoms with E-state index < -0.39 is 10.0 Å². The molecule has 0 aliphatic carbocycles. The molecule has 0 unspecified atom stereocenters. The number of anilines is 1. The van der Waals surface area contributed by atoms with Crippen molar-refractivity contribution >= 4 is 26.7 Å². The highest BCUT2D eigenvalue weighted by Gasteiger charge is 2.06. The Morgan fingerprint density at radius 1 is 1.10 bits per heavy atom. The second kappa shape index (κ2) is 4.61. The molecular formula is C13H12N4O2S. The lowest BCUT2D eigenvalue weighted by molar-refractivity contribution is 0.606. The highest BCUT2D eigenvalue weighted by Crippen LogP contribution is 2.18. The predicted octanol–water partition coefficient (Wildman–Crippen LogP) is 1.79. The molecule has 0 spiro atoms. The second-order valence-corrected chi connectivity index (χ2v) is 6.14. The molecule has 0 saturated heterocycles. The molecule has 3 rings (SSSR count). The summed E-state index contributed by atoms with van der Waals surface area (Å²) in [5.74, 6) is 0.285. The molecule has 6 nitrogen and oxygen atoms in total. The molecule has 0 saturated carbocycles. The zero-order valence-electron chi connectivity index (χ0n) is 10.7. The van der Waals surface area contributed by atoms with Gasteiger partial charge in [0, 0.05) is 5.39 Å². The third-order valence-corrected chi connectivity index (χ3v) is 3.34. The van der Waals surface area contributed by atoms with Gasteiger partial charge in [-0.05, 0) is 18.2 Å². The molecule has 0 fully saturated rings. The van der Waals surface area contributed by atoms with Crippen molar-refractivity contribution in [2.45, 2.75) is 0 Å². The first-order valence-corrected chi connectivity index (χ1v) is 7.79. The van der Waals surface area contributed by atoms with Gasteiger partial charge in [0.25, 0.3) is 0 Å². The molecule has 3 aromatic rings. The third-order valence-electron chi connectivity index (χ3n) is 2.76. The van der Waals surface area contributed by atoms with E-state index in [1.807, 2.05) is 24.3 Å². The molecule has 1 aromatic carbocycles. The zero-order chi connectivity index (χ0) is 14.2. The Kier molecular flexibility index (Phi) is 2.90. The summed E-state index contributed by atoms with van der Waals surface area (Å²) in [6.45, 7) is 0. The summed E-state index contributed by atoms with van der Waals surface area (Å²) < 4.78 is 26.3. The van der Waals surface area contributed by atoms with Crippen LogP contribution in [-0.4, -0.2) is 29.4 Å². The van der Waals surface area contributed by atoms with E-state index in [2.05, 4.69) is 14.8 Å². The van der Waals surface area contributed by atoms with Crippen molar-refractivity contribution < 1.29 is 8.42 Å². The van der Waals surface area contributed by atoms with Crippen molar-refractivity contribution in [3.05, 3.63) is 48.8 Å². The molecule has 1 N–H and O–H groups in total. The Labute approximate surface area is 116 Å². The normalized spacial score (nSPS) is 11.7. The van der Waals surface area contributed by atoms with Gasteiger partial charge in [-0.2, -0.15) is 5.10 Å². The van der Waals surface area contributed by atoms with E-state index in [0.29, 0.717) is 0 Å². The summed E-state index contributed by atoms with van der Waals surface area (Å²) in [4.78, 5) is 4.08. The van der Waals surface area contributed by atoms with Gasteiger partial charge in [-0.25, -0.2) is 18.1 Å². The summed E-state index contributed by atoms with van der Waals surface area (Å²) in [5.41, 5.74) is 1.74. The van der Waals surface area contributed by atoms with Gasteiger partial charge in [-0.15, -0.1) is 0 Å². The number of rotatable bonds is 3.